The molecule has 0 N–H and O–H groups in total. The minimum Gasteiger partial charge on any atom is -0.422 e. The number of nitriles is 1. The lowest BCUT2D eigenvalue weighted by atomic mass is 10.0. The van der Waals surface area contributed by atoms with Gasteiger partial charge in [-0.3, -0.25) is 0 Å². The van der Waals surface area contributed by atoms with Gasteiger partial charge in [0.15, 0.2) is 0 Å². The van der Waals surface area contributed by atoms with Crippen molar-refractivity contribution in [1.82, 2.24) is 0 Å². The van der Waals surface area contributed by atoms with E-state index < -0.39 is 5.63 Å². The number of anilines is 1. The van der Waals surface area contributed by atoms with Crippen LogP contribution in [0.25, 0.3) is 11.0 Å². The second kappa shape index (κ2) is 5.79. The molecule has 0 saturated heterocycles. The van der Waals surface area contributed by atoms with Gasteiger partial charge in [-0.2, -0.15) is 5.26 Å². The summed E-state index contributed by atoms with van der Waals surface area (Å²) >= 11 is 0. The third kappa shape index (κ3) is 2.39. The molecule has 0 aliphatic rings. The number of nitrogens with zero attached hydrogens (tertiary/aromatic N) is 2. The van der Waals surface area contributed by atoms with E-state index in [9.17, 15) is 4.79 Å². The number of rotatable bonds is 4. The van der Waals surface area contributed by atoms with Crippen LogP contribution in [0.2, 0.25) is 0 Å². The molecule has 0 aliphatic carbocycles. The zero-order valence-electron chi connectivity index (χ0n) is 12.1. The Morgan fingerprint density at radius 1 is 1.30 bits per heavy atom. The fraction of sp³-hybridized carbons (Fsp3) is 0.375. The molecule has 0 atom stereocenters. The van der Waals surface area contributed by atoms with Crippen LogP contribution < -0.4 is 10.5 Å². The van der Waals surface area contributed by atoms with Crippen molar-refractivity contribution in [2.45, 2.75) is 27.2 Å². The predicted octanol–water partition coefficient (Wildman–Crippen LogP) is 3.01. The molecule has 1 aromatic heterocycles. The fourth-order valence-electron chi connectivity index (χ4n) is 2.45. The maximum Gasteiger partial charge on any atom is 0.340 e. The van der Waals surface area contributed by atoms with Gasteiger partial charge < -0.3 is 9.32 Å². The van der Waals surface area contributed by atoms with Gasteiger partial charge in [-0.15, -0.1) is 0 Å². The van der Waals surface area contributed by atoms with E-state index in [1.807, 2.05) is 31.2 Å². The lowest BCUT2D eigenvalue weighted by Gasteiger charge is -2.21. The first-order valence-electron chi connectivity index (χ1n) is 6.80. The third-order valence-corrected chi connectivity index (χ3v) is 3.66. The smallest absolute Gasteiger partial charge is 0.340 e. The maximum atomic E-state index is 11.9. The molecule has 104 valence electrons. The molecule has 2 aromatic rings. The average molecular weight is 270 g/mol. The lowest BCUT2D eigenvalue weighted by Crippen LogP contribution is -2.21. The number of hydrogen-bond donors (Lipinski definition) is 0. The zero-order chi connectivity index (χ0) is 14.7. The van der Waals surface area contributed by atoms with Crippen LogP contribution >= 0.6 is 0 Å². The van der Waals surface area contributed by atoms with E-state index in [2.05, 4.69) is 18.7 Å². The number of aryl methyl sites for hydroxylation is 1. The molecule has 0 spiro atoms. The first-order valence-corrected chi connectivity index (χ1v) is 6.80. The highest BCUT2D eigenvalue weighted by Crippen LogP contribution is 2.25. The summed E-state index contributed by atoms with van der Waals surface area (Å²) in [4.78, 5) is 14.1. The highest BCUT2D eigenvalue weighted by molar-refractivity contribution is 5.84. The Hall–Kier alpha value is -2.28. The summed E-state index contributed by atoms with van der Waals surface area (Å²) in [6.45, 7) is 7.84. The van der Waals surface area contributed by atoms with Crippen molar-refractivity contribution in [2.24, 2.45) is 0 Å². The minimum atomic E-state index is -0.409. The van der Waals surface area contributed by atoms with Crippen molar-refractivity contribution in [3.8, 4) is 6.07 Å². The average Bonchev–Trinajstić information content (AvgIpc) is 2.44. The Morgan fingerprint density at radius 2 is 2.00 bits per heavy atom. The highest BCUT2D eigenvalue weighted by atomic mass is 16.4. The van der Waals surface area contributed by atoms with Crippen molar-refractivity contribution in [3.63, 3.8) is 0 Å². The highest BCUT2D eigenvalue weighted by Gasteiger charge is 2.12. The van der Waals surface area contributed by atoms with Gasteiger partial charge in [-0.05, 0) is 38.5 Å². The summed E-state index contributed by atoms with van der Waals surface area (Å²) < 4.78 is 5.37. The van der Waals surface area contributed by atoms with Crippen molar-refractivity contribution >= 4 is 16.7 Å². The largest absolute Gasteiger partial charge is 0.422 e. The Balaban J connectivity index is 2.64. The van der Waals surface area contributed by atoms with E-state index in [4.69, 9.17) is 9.68 Å². The Morgan fingerprint density at radius 3 is 2.60 bits per heavy atom. The van der Waals surface area contributed by atoms with Crippen molar-refractivity contribution < 1.29 is 4.42 Å². The van der Waals surface area contributed by atoms with Crippen LogP contribution in [0.5, 0.6) is 0 Å². The molecule has 1 aromatic carbocycles. The Bertz CT molecular complexity index is 722. The van der Waals surface area contributed by atoms with E-state index >= 15 is 0 Å². The monoisotopic (exact) mass is 270 g/mol. The standard InChI is InChI=1S/C16H18N2O2/c1-4-18(5-2)12-6-7-13-11(3)14(8-9-17)16(19)20-15(13)10-12/h6-7,10H,4-5,8H2,1-3H3. The number of hydrogen-bond acceptors (Lipinski definition) is 4. The normalized spacial score (nSPS) is 10.5. The summed E-state index contributed by atoms with van der Waals surface area (Å²) in [5.41, 5.74) is 2.50. The van der Waals surface area contributed by atoms with Crippen LogP contribution in [-0.2, 0) is 6.42 Å². The molecule has 4 nitrogen and oxygen atoms in total. The molecule has 20 heavy (non-hydrogen) atoms. The van der Waals surface area contributed by atoms with Crippen LogP contribution in [0.15, 0.2) is 27.4 Å². The van der Waals surface area contributed by atoms with Gasteiger partial charge >= 0.3 is 5.63 Å². The maximum absolute atomic E-state index is 11.9. The Kier molecular flexibility index (Phi) is 4.09. The van der Waals surface area contributed by atoms with Gasteiger partial charge in [0.2, 0.25) is 0 Å². The fourth-order valence-corrected chi connectivity index (χ4v) is 2.45. The summed E-state index contributed by atoms with van der Waals surface area (Å²) in [5.74, 6) is 0. The van der Waals surface area contributed by atoms with Crippen molar-refractivity contribution in [2.75, 3.05) is 18.0 Å². The van der Waals surface area contributed by atoms with Crippen molar-refractivity contribution in [1.29, 1.82) is 5.26 Å². The summed E-state index contributed by atoms with van der Waals surface area (Å²) in [5, 5.41) is 9.68. The van der Waals surface area contributed by atoms with Crippen LogP contribution in [0, 0.1) is 18.3 Å². The van der Waals surface area contributed by atoms with E-state index in [0.717, 1.165) is 29.7 Å². The molecule has 1 heterocycles. The lowest BCUT2D eigenvalue weighted by molar-refractivity contribution is 0.551. The summed E-state index contributed by atoms with van der Waals surface area (Å²) in [7, 11) is 0. The molecular weight excluding hydrogens is 252 g/mol. The van der Waals surface area contributed by atoms with E-state index in [0.29, 0.717) is 11.1 Å². The molecule has 0 fully saturated rings. The second-order valence-corrected chi connectivity index (χ2v) is 4.68. The van der Waals surface area contributed by atoms with Gasteiger partial charge in [-0.1, -0.05) is 0 Å². The van der Waals surface area contributed by atoms with Gasteiger partial charge in [0.05, 0.1) is 18.1 Å². The molecule has 0 aliphatic heterocycles. The zero-order valence-corrected chi connectivity index (χ0v) is 12.1. The van der Waals surface area contributed by atoms with Gasteiger partial charge in [0, 0.05) is 30.2 Å². The molecular formula is C16H18N2O2. The first-order chi connectivity index (χ1) is 9.62. The molecule has 4 heteroatoms. The third-order valence-electron chi connectivity index (χ3n) is 3.66. The summed E-state index contributed by atoms with van der Waals surface area (Å²) in [6.07, 6.45) is 0.0852. The van der Waals surface area contributed by atoms with Crippen LogP contribution in [-0.4, -0.2) is 13.1 Å². The molecule has 0 bridgehead atoms. The molecule has 0 saturated carbocycles. The van der Waals surface area contributed by atoms with Gasteiger partial charge in [0.1, 0.15) is 5.58 Å². The SMILES string of the molecule is CCN(CC)c1ccc2c(C)c(CC#N)c(=O)oc2c1. The first kappa shape index (κ1) is 14.1. The number of fused-ring (bicyclic) bond motifs is 1. The van der Waals surface area contributed by atoms with Crippen LogP contribution in [0.3, 0.4) is 0 Å². The predicted molar refractivity (Wildman–Crippen MR) is 80.1 cm³/mol. The molecule has 0 radical (unpaired) electrons. The van der Waals surface area contributed by atoms with Gasteiger partial charge in [-0.25, -0.2) is 4.79 Å². The summed E-state index contributed by atoms with van der Waals surface area (Å²) in [6, 6.07) is 7.89. The van der Waals surface area contributed by atoms with E-state index in [1.54, 1.807) is 0 Å². The van der Waals surface area contributed by atoms with Crippen molar-refractivity contribution in [3.05, 3.63) is 39.7 Å². The molecule has 0 unspecified atom stereocenters. The molecule has 0 amide bonds. The van der Waals surface area contributed by atoms with Crippen LogP contribution in [0.1, 0.15) is 25.0 Å². The minimum absolute atomic E-state index is 0.0852. The number of benzene rings is 1. The Labute approximate surface area is 118 Å². The molecule has 2 rings (SSSR count). The second-order valence-electron chi connectivity index (χ2n) is 4.68. The van der Waals surface area contributed by atoms with E-state index in [-0.39, 0.29) is 6.42 Å². The van der Waals surface area contributed by atoms with Gasteiger partial charge in [0.25, 0.3) is 0 Å². The quantitative estimate of drug-likeness (QED) is 0.801. The topological polar surface area (TPSA) is 57.2 Å². The van der Waals surface area contributed by atoms with E-state index in [1.165, 1.54) is 0 Å². The van der Waals surface area contributed by atoms with Crippen LogP contribution in [0.4, 0.5) is 5.69 Å².